The van der Waals surface area contributed by atoms with Crippen molar-refractivity contribution in [1.82, 2.24) is 14.8 Å². The molecular formula is C16H27N3. The van der Waals surface area contributed by atoms with Crippen LogP contribution in [-0.4, -0.2) is 35.1 Å². The number of likely N-dealkylation sites (tertiary alicyclic amines) is 1. The molecule has 1 atom stereocenters. The Morgan fingerprint density at radius 1 is 1.32 bits per heavy atom. The molecule has 0 aromatic carbocycles. The maximum Gasteiger partial charge on any atom is 0.0220 e. The van der Waals surface area contributed by atoms with Gasteiger partial charge in [-0.25, -0.2) is 0 Å². The minimum Gasteiger partial charge on any atom is -0.354 e. The van der Waals surface area contributed by atoms with Crippen molar-refractivity contribution in [1.29, 1.82) is 0 Å². The first-order valence-electron chi connectivity index (χ1n) is 7.94. The summed E-state index contributed by atoms with van der Waals surface area (Å²) in [6.07, 6.45) is 9.98. The predicted molar refractivity (Wildman–Crippen MR) is 79.1 cm³/mol. The van der Waals surface area contributed by atoms with Crippen molar-refractivity contribution in [2.75, 3.05) is 19.6 Å². The van der Waals surface area contributed by atoms with Crippen molar-refractivity contribution in [2.24, 2.45) is 5.92 Å². The lowest BCUT2D eigenvalue weighted by Gasteiger charge is -2.15. The molecule has 1 unspecified atom stereocenters. The fourth-order valence-corrected chi connectivity index (χ4v) is 3.21. The number of hydrogen-bond donors (Lipinski definition) is 1. The molecule has 2 heterocycles. The van der Waals surface area contributed by atoms with Crippen LogP contribution in [0.1, 0.15) is 38.2 Å². The first kappa shape index (κ1) is 13.2. The topological polar surface area (TPSA) is 20.2 Å². The molecule has 2 fully saturated rings. The van der Waals surface area contributed by atoms with Gasteiger partial charge in [0, 0.05) is 38.1 Å². The van der Waals surface area contributed by atoms with E-state index in [1.165, 1.54) is 50.9 Å². The highest BCUT2D eigenvalue weighted by atomic mass is 15.2. The molecule has 0 radical (unpaired) electrons. The molecule has 1 aromatic heterocycles. The van der Waals surface area contributed by atoms with E-state index in [0.29, 0.717) is 0 Å². The Morgan fingerprint density at radius 3 is 3.00 bits per heavy atom. The van der Waals surface area contributed by atoms with Gasteiger partial charge in [-0.05, 0) is 56.3 Å². The molecule has 1 aliphatic carbocycles. The highest BCUT2D eigenvalue weighted by Crippen LogP contribution is 2.31. The third-order valence-electron chi connectivity index (χ3n) is 4.44. The average Bonchev–Trinajstić information content (AvgIpc) is 2.99. The highest BCUT2D eigenvalue weighted by Gasteiger charge is 2.33. The van der Waals surface area contributed by atoms with Gasteiger partial charge < -0.3 is 14.8 Å². The van der Waals surface area contributed by atoms with E-state index in [1.807, 2.05) is 0 Å². The van der Waals surface area contributed by atoms with Crippen molar-refractivity contribution in [3.8, 4) is 0 Å². The van der Waals surface area contributed by atoms with E-state index in [1.54, 1.807) is 0 Å². The first-order chi connectivity index (χ1) is 9.35. The number of aromatic nitrogens is 1. The summed E-state index contributed by atoms with van der Waals surface area (Å²) in [7, 11) is 0. The molecule has 3 rings (SSSR count). The van der Waals surface area contributed by atoms with Crippen molar-refractivity contribution < 1.29 is 0 Å². The van der Waals surface area contributed by atoms with Gasteiger partial charge in [0.05, 0.1) is 0 Å². The van der Waals surface area contributed by atoms with Crippen LogP contribution in [0.15, 0.2) is 18.5 Å². The van der Waals surface area contributed by atoms with Gasteiger partial charge in [0.1, 0.15) is 0 Å². The summed E-state index contributed by atoms with van der Waals surface area (Å²) in [6, 6.07) is 3.20. The number of nitrogens with zero attached hydrogens (tertiary/aromatic N) is 2. The molecule has 106 valence electrons. The predicted octanol–water partition coefficient (Wildman–Crippen LogP) is 2.47. The second-order valence-electron chi connectivity index (χ2n) is 6.27. The van der Waals surface area contributed by atoms with Crippen LogP contribution < -0.4 is 5.32 Å². The van der Waals surface area contributed by atoms with Crippen LogP contribution in [0, 0.1) is 5.92 Å². The van der Waals surface area contributed by atoms with Crippen molar-refractivity contribution >= 4 is 0 Å². The molecule has 3 heteroatoms. The van der Waals surface area contributed by atoms with E-state index in [4.69, 9.17) is 0 Å². The van der Waals surface area contributed by atoms with Gasteiger partial charge >= 0.3 is 0 Å². The van der Waals surface area contributed by atoms with Crippen LogP contribution in [0.4, 0.5) is 0 Å². The normalized spacial score (nSPS) is 24.2. The Balaban J connectivity index is 1.35. The maximum absolute atomic E-state index is 3.64. The third-order valence-corrected chi connectivity index (χ3v) is 4.44. The zero-order valence-electron chi connectivity index (χ0n) is 12.1. The fourth-order valence-electron chi connectivity index (χ4n) is 3.21. The minimum absolute atomic E-state index is 0.873. The van der Waals surface area contributed by atoms with Gasteiger partial charge in [-0.15, -0.1) is 0 Å². The van der Waals surface area contributed by atoms with E-state index in [2.05, 4.69) is 40.2 Å². The summed E-state index contributed by atoms with van der Waals surface area (Å²) < 4.78 is 2.29. The lowest BCUT2D eigenvalue weighted by Crippen LogP contribution is -2.27. The fraction of sp³-hybridized carbons (Fsp3) is 0.750. The van der Waals surface area contributed by atoms with Gasteiger partial charge in [0.2, 0.25) is 0 Å². The summed E-state index contributed by atoms with van der Waals surface area (Å²) in [5, 5.41) is 3.64. The molecule has 1 aliphatic heterocycles. The molecule has 0 spiro atoms. The Hall–Kier alpha value is -0.800. The zero-order valence-corrected chi connectivity index (χ0v) is 12.1. The molecular weight excluding hydrogens is 234 g/mol. The molecule has 1 aromatic rings. The van der Waals surface area contributed by atoms with E-state index in [0.717, 1.165) is 25.0 Å². The molecule has 1 N–H and O–H groups in total. The second kappa shape index (κ2) is 6.10. The molecule has 3 nitrogen and oxygen atoms in total. The van der Waals surface area contributed by atoms with Crippen LogP contribution >= 0.6 is 0 Å². The summed E-state index contributed by atoms with van der Waals surface area (Å²) in [4.78, 5) is 2.70. The standard InChI is InChI=1S/C16H27N3/c1-2-7-18-8-5-14(12-18)10-17-11-15-6-9-19(13-15)16-3-4-16/h5,8,12,15-17H,2-4,6-7,9-11,13H2,1H3. The van der Waals surface area contributed by atoms with Gasteiger partial charge in [-0.1, -0.05) is 6.92 Å². The van der Waals surface area contributed by atoms with Crippen LogP contribution in [0.2, 0.25) is 0 Å². The van der Waals surface area contributed by atoms with Crippen LogP contribution in [-0.2, 0) is 13.1 Å². The zero-order chi connectivity index (χ0) is 13.1. The van der Waals surface area contributed by atoms with Crippen LogP contribution in [0.5, 0.6) is 0 Å². The maximum atomic E-state index is 3.64. The SMILES string of the molecule is CCCn1ccc(CNCC2CCN(C3CC3)C2)c1. The largest absolute Gasteiger partial charge is 0.354 e. The molecule has 0 bridgehead atoms. The van der Waals surface area contributed by atoms with Gasteiger partial charge in [0.25, 0.3) is 0 Å². The van der Waals surface area contributed by atoms with Crippen molar-refractivity contribution in [3.63, 3.8) is 0 Å². The molecule has 2 aliphatic rings. The van der Waals surface area contributed by atoms with Crippen LogP contribution in [0.3, 0.4) is 0 Å². The summed E-state index contributed by atoms with van der Waals surface area (Å²) in [5.74, 6) is 0.873. The van der Waals surface area contributed by atoms with E-state index >= 15 is 0 Å². The summed E-state index contributed by atoms with van der Waals surface area (Å²) >= 11 is 0. The Kier molecular flexibility index (Phi) is 4.24. The quantitative estimate of drug-likeness (QED) is 0.813. The Morgan fingerprint density at radius 2 is 2.21 bits per heavy atom. The van der Waals surface area contributed by atoms with E-state index < -0.39 is 0 Å². The molecule has 19 heavy (non-hydrogen) atoms. The van der Waals surface area contributed by atoms with Crippen LogP contribution in [0.25, 0.3) is 0 Å². The smallest absolute Gasteiger partial charge is 0.0220 e. The Bertz CT molecular complexity index is 394. The van der Waals surface area contributed by atoms with Gasteiger partial charge in [-0.3, -0.25) is 0 Å². The lowest BCUT2D eigenvalue weighted by atomic mass is 10.1. The molecule has 0 amide bonds. The second-order valence-corrected chi connectivity index (χ2v) is 6.27. The van der Waals surface area contributed by atoms with E-state index in [9.17, 15) is 0 Å². The molecule has 1 saturated heterocycles. The Labute approximate surface area is 117 Å². The minimum atomic E-state index is 0.873. The van der Waals surface area contributed by atoms with Crippen molar-refractivity contribution in [3.05, 3.63) is 24.0 Å². The van der Waals surface area contributed by atoms with E-state index in [-0.39, 0.29) is 0 Å². The number of nitrogens with one attached hydrogen (secondary N) is 1. The first-order valence-corrected chi connectivity index (χ1v) is 7.94. The number of aryl methyl sites for hydroxylation is 1. The van der Waals surface area contributed by atoms with Crippen molar-refractivity contribution in [2.45, 2.75) is 51.7 Å². The number of rotatable bonds is 7. The third kappa shape index (κ3) is 3.61. The monoisotopic (exact) mass is 261 g/mol. The number of hydrogen-bond acceptors (Lipinski definition) is 2. The summed E-state index contributed by atoms with van der Waals surface area (Å²) in [5.41, 5.74) is 1.42. The average molecular weight is 261 g/mol. The highest BCUT2D eigenvalue weighted by molar-refractivity contribution is 5.09. The van der Waals surface area contributed by atoms with Gasteiger partial charge in [0.15, 0.2) is 0 Å². The molecule has 1 saturated carbocycles. The van der Waals surface area contributed by atoms with Gasteiger partial charge in [-0.2, -0.15) is 0 Å². The lowest BCUT2D eigenvalue weighted by molar-refractivity contribution is 0.312. The summed E-state index contributed by atoms with van der Waals surface area (Å²) in [6.45, 7) is 8.24.